The van der Waals surface area contributed by atoms with Crippen LogP contribution in [0.15, 0.2) is 0 Å². The second-order valence-electron chi connectivity index (χ2n) is 5.31. The molecule has 0 aliphatic carbocycles. The Labute approximate surface area is 123 Å². The van der Waals surface area contributed by atoms with E-state index >= 15 is 0 Å². The van der Waals surface area contributed by atoms with Crippen molar-refractivity contribution in [1.82, 2.24) is 0 Å². The number of anilines is 2. The maximum atomic E-state index is 12.0. The molecule has 1 aromatic rings. The number of β-amino-alcohol motifs (C(OH)–C–C–N with tert-alkyl or cyclic N) is 1. The summed E-state index contributed by atoms with van der Waals surface area (Å²) in [5.74, 6) is 0.628. The standard InChI is InChI=1S/C14H22N2O3S/c1-4-10(18)13-11(15)12(19-8(2)3)14(20-13)16-6-5-9(17)7-16/h8-9,17H,4-7,15H2,1-3H3. The fraction of sp³-hybridized carbons (Fsp3) is 0.643. The quantitative estimate of drug-likeness (QED) is 0.816. The summed E-state index contributed by atoms with van der Waals surface area (Å²) >= 11 is 1.38. The number of thiophene rings is 1. The number of nitrogens with two attached hydrogens (primary N) is 1. The number of aliphatic hydroxyl groups is 1. The zero-order valence-corrected chi connectivity index (χ0v) is 13.0. The molecule has 0 radical (unpaired) electrons. The maximum absolute atomic E-state index is 12.0. The zero-order valence-electron chi connectivity index (χ0n) is 12.2. The van der Waals surface area contributed by atoms with Crippen molar-refractivity contribution in [3.63, 3.8) is 0 Å². The highest BCUT2D eigenvalue weighted by molar-refractivity contribution is 7.19. The number of ketones is 1. The number of carbonyl (C=O) groups excluding carboxylic acids is 1. The van der Waals surface area contributed by atoms with Crippen LogP contribution in [0.1, 0.15) is 43.3 Å². The molecule has 5 nitrogen and oxygen atoms in total. The van der Waals surface area contributed by atoms with Crippen molar-refractivity contribution in [2.45, 2.75) is 45.8 Å². The van der Waals surface area contributed by atoms with Crippen molar-refractivity contribution in [3.05, 3.63) is 4.88 Å². The van der Waals surface area contributed by atoms with Gasteiger partial charge in [-0.3, -0.25) is 4.79 Å². The topological polar surface area (TPSA) is 75.8 Å². The molecule has 1 aliphatic rings. The van der Waals surface area contributed by atoms with Gasteiger partial charge in [0.1, 0.15) is 5.00 Å². The molecule has 1 aliphatic heterocycles. The van der Waals surface area contributed by atoms with Crippen LogP contribution in [0.4, 0.5) is 10.7 Å². The van der Waals surface area contributed by atoms with E-state index in [2.05, 4.69) is 4.90 Å². The summed E-state index contributed by atoms with van der Waals surface area (Å²) in [7, 11) is 0. The number of Topliss-reactive ketones (excluding diaryl/α,β-unsaturated/α-hetero) is 1. The molecule has 1 fully saturated rings. The fourth-order valence-corrected chi connectivity index (χ4v) is 3.47. The predicted molar refractivity (Wildman–Crippen MR) is 82.0 cm³/mol. The van der Waals surface area contributed by atoms with Crippen LogP contribution in [0.2, 0.25) is 0 Å². The second kappa shape index (κ2) is 6.01. The molecular formula is C14H22N2O3S. The van der Waals surface area contributed by atoms with Crippen molar-refractivity contribution in [1.29, 1.82) is 0 Å². The minimum atomic E-state index is -0.324. The van der Waals surface area contributed by atoms with Crippen LogP contribution in [-0.4, -0.2) is 36.2 Å². The summed E-state index contributed by atoms with van der Waals surface area (Å²) in [4.78, 5) is 14.6. The Morgan fingerprint density at radius 1 is 1.60 bits per heavy atom. The summed E-state index contributed by atoms with van der Waals surface area (Å²) in [6.07, 6.45) is 0.822. The molecule has 0 saturated carbocycles. The monoisotopic (exact) mass is 298 g/mol. The van der Waals surface area contributed by atoms with Gasteiger partial charge in [0.25, 0.3) is 0 Å². The number of aliphatic hydroxyl groups excluding tert-OH is 1. The van der Waals surface area contributed by atoms with Crippen molar-refractivity contribution in [2.24, 2.45) is 0 Å². The van der Waals surface area contributed by atoms with Crippen molar-refractivity contribution in [2.75, 3.05) is 23.7 Å². The SMILES string of the molecule is CCC(=O)c1sc(N2CCC(O)C2)c(OC(C)C)c1N. The van der Waals surface area contributed by atoms with Crippen molar-refractivity contribution >= 4 is 27.8 Å². The molecule has 3 N–H and O–H groups in total. The molecule has 1 unspecified atom stereocenters. The summed E-state index contributed by atoms with van der Waals surface area (Å²) < 4.78 is 5.81. The van der Waals surface area contributed by atoms with E-state index in [9.17, 15) is 9.90 Å². The molecule has 2 rings (SSSR count). The second-order valence-corrected chi connectivity index (χ2v) is 6.31. The number of hydrogen-bond acceptors (Lipinski definition) is 6. The van der Waals surface area contributed by atoms with E-state index in [4.69, 9.17) is 10.5 Å². The van der Waals surface area contributed by atoms with Gasteiger partial charge < -0.3 is 20.5 Å². The Morgan fingerprint density at radius 3 is 2.80 bits per heavy atom. The van der Waals surface area contributed by atoms with Crippen LogP contribution in [0.5, 0.6) is 5.75 Å². The predicted octanol–water partition coefficient (Wildman–Crippen LogP) is 2.28. The number of ether oxygens (including phenoxy) is 1. The molecule has 0 amide bonds. The van der Waals surface area contributed by atoms with Crippen LogP contribution in [-0.2, 0) is 0 Å². The summed E-state index contributed by atoms with van der Waals surface area (Å²) in [6.45, 7) is 7.01. The highest BCUT2D eigenvalue weighted by Crippen LogP contribution is 2.46. The lowest BCUT2D eigenvalue weighted by Gasteiger charge is -2.19. The third-order valence-corrected chi connectivity index (χ3v) is 4.55. The Bertz CT molecular complexity index is 499. The fourth-order valence-electron chi connectivity index (χ4n) is 2.27. The lowest BCUT2D eigenvalue weighted by Crippen LogP contribution is -2.21. The van der Waals surface area contributed by atoms with E-state index < -0.39 is 0 Å². The third-order valence-electron chi connectivity index (χ3n) is 3.26. The van der Waals surface area contributed by atoms with Gasteiger partial charge in [0, 0.05) is 19.5 Å². The van der Waals surface area contributed by atoms with E-state index in [1.54, 1.807) is 0 Å². The van der Waals surface area contributed by atoms with Crippen LogP contribution < -0.4 is 15.4 Å². The van der Waals surface area contributed by atoms with Crippen LogP contribution >= 0.6 is 11.3 Å². The first-order valence-electron chi connectivity index (χ1n) is 6.99. The van der Waals surface area contributed by atoms with Gasteiger partial charge in [-0.05, 0) is 20.3 Å². The number of hydrogen-bond donors (Lipinski definition) is 2. The van der Waals surface area contributed by atoms with Gasteiger partial charge in [0.2, 0.25) is 0 Å². The van der Waals surface area contributed by atoms with Crippen LogP contribution in [0.25, 0.3) is 0 Å². The molecule has 1 aromatic heterocycles. The minimum absolute atomic E-state index is 0.0113. The normalized spacial score (nSPS) is 18.9. The average Bonchev–Trinajstić information content (AvgIpc) is 2.94. The van der Waals surface area contributed by atoms with E-state index in [1.807, 2.05) is 20.8 Å². The van der Waals surface area contributed by atoms with Gasteiger partial charge in [-0.25, -0.2) is 0 Å². The van der Waals surface area contributed by atoms with Crippen LogP contribution in [0, 0.1) is 0 Å². The van der Waals surface area contributed by atoms with E-state index in [-0.39, 0.29) is 18.0 Å². The van der Waals surface area contributed by atoms with Gasteiger partial charge in [-0.2, -0.15) is 0 Å². The number of nitrogens with zero attached hydrogens (tertiary/aromatic N) is 1. The average molecular weight is 298 g/mol. The first kappa shape index (κ1) is 15.1. The molecule has 1 saturated heterocycles. The first-order valence-corrected chi connectivity index (χ1v) is 7.80. The smallest absolute Gasteiger partial charge is 0.177 e. The van der Waals surface area contributed by atoms with E-state index in [0.717, 1.165) is 18.0 Å². The molecule has 0 spiro atoms. The summed E-state index contributed by atoms with van der Waals surface area (Å²) in [6, 6.07) is 0. The van der Waals surface area contributed by atoms with Crippen molar-refractivity contribution < 1.29 is 14.6 Å². The maximum Gasteiger partial charge on any atom is 0.177 e. The largest absolute Gasteiger partial charge is 0.486 e. The molecule has 112 valence electrons. The molecule has 6 heteroatoms. The van der Waals surface area contributed by atoms with Gasteiger partial charge in [-0.15, -0.1) is 11.3 Å². The Balaban J connectivity index is 2.40. The number of nitrogen functional groups attached to an aromatic ring is 1. The van der Waals surface area contributed by atoms with Crippen LogP contribution in [0.3, 0.4) is 0 Å². The summed E-state index contributed by atoms with van der Waals surface area (Å²) in [5.41, 5.74) is 6.54. The molecule has 0 aromatic carbocycles. The van der Waals surface area contributed by atoms with Gasteiger partial charge in [-0.1, -0.05) is 6.92 Å². The van der Waals surface area contributed by atoms with E-state index in [0.29, 0.717) is 29.3 Å². The molecule has 0 bridgehead atoms. The molecule has 2 heterocycles. The lowest BCUT2D eigenvalue weighted by molar-refractivity contribution is 0.0992. The third kappa shape index (κ3) is 2.91. The molecule has 20 heavy (non-hydrogen) atoms. The minimum Gasteiger partial charge on any atom is -0.486 e. The number of rotatable bonds is 5. The van der Waals surface area contributed by atoms with Gasteiger partial charge >= 0.3 is 0 Å². The Hall–Kier alpha value is -1.27. The first-order chi connectivity index (χ1) is 9.43. The highest BCUT2D eigenvalue weighted by atomic mass is 32.1. The van der Waals surface area contributed by atoms with Gasteiger partial charge in [0.05, 0.1) is 22.8 Å². The van der Waals surface area contributed by atoms with Gasteiger partial charge in [0.15, 0.2) is 11.5 Å². The van der Waals surface area contributed by atoms with E-state index in [1.165, 1.54) is 11.3 Å². The summed E-state index contributed by atoms with van der Waals surface area (Å²) in [5, 5.41) is 10.6. The highest BCUT2D eigenvalue weighted by Gasteiger charge is 2.29. The zero-order chi connectivity index (χ0) is 14.9. The Morgan fingerprint density at radius 2 is 2.30 bits per heavy atom. The van der Waals surface area contributed by atoms with Crippen molar-refractivity contribution in [3.8, 4) is 5.75 Å². The Kier molecular flexibility index (Phi) is 4.55. The molecular weight excluding hydrogens is 276 g/mol. The number of carbonyl (C=O) groups is 1. The molecule has 1 atom stereocenters. The lowest BCUT2D eigenvalue weighted by atomic mass is 10.2.